The number of sulfonamides is 1. The fourth-order valence-electron chi connectivity index (χ4n) is 2.59. The number of hydrogen-bond donors (Lipinski definition) is 1. The Morgan fingerprint density at radius 2 is 2.00 bits per heavy atom. The fourth-order valence-corrected chi connectivity index (χ4v) is 4.31. The largest absolute Gasteiger partial charge is 0.396 e. The summed E-state index contributed by atoms with van der Waals surface area (Å²) < 4.78 is 26.8. The molecule has 0 amide bonds. The predicted octanol–water partition coefficient (Wildman–Crippen LogP) is 1.92. The van der Waals surface area contributed by atoms with E-state index in [-0.39, 0.29) is 12.6 Å². The van der Waals surface area contributed by atoms with Gasteiger partial charge < -0.3 is 5.11 Å². The van der Waals surface area contributed by atoms with E-state index in [0.717, 1.165) is 24.8 Å². The van der Waals surface area contributed by atoms with Crippen molar-refractivity contribution in [3.63, 3.8) is 0 Å². The zero-order valence-corrected chi connectivity index (χ0v) is 12.1. The Bertz CT molecular complexity index is 510. The van der Waals surface area contributed by atoms with Gasteiger partial charge in [0.2, 0.25) is 10.0 Å². The van der Waals surface area contributed by atoms with Gasteiger partial charge in [0.05, 0.1) is 4.90 Å². The van der Waals surface area contributed by atoms with E-state index in [1.165, 1.54) is 0 Å². The minimum Gasteiger partial charge on any atom is -0.396 e. The van der Waals surface area contributed by atoms with E-state index in [2.05, 4.69) is 0 Å². The van der Waals surface area contributed by atoms with Crippen LogP contribution in [0, 0.1) is 6.92 Å². The van der Waals surface area contributed by atoms with Gasteiger partial charge >= 0.3 is 0 Å². The molecule has 0 aliphatic carbocycles. The van der Waals surface area contributed by atoms with Crippen LogP contribution in [-0.2, 0) is 10.0 Å². The summed E-state index contributed by atoms with van der Waals surface area (Å²) in [7, 11) is -3.38. The lowest BCUT2D eigenvalue weighted by atomic mass is 10.1. The molecule has 2 rings (SSSR count). The first-order valence-electron chi connectivity index (χ1n) is 6.75. The molecular weight excluding hydrogens is 262 g/mol. The average Bonchev–Trinajstić information content (AvgIpc) is 2.86. The maximum absolute atomic E-state index is 12.6. The van der Waals surface area contributed by atoms with Crippen LogP contribution in [0.15, 0.2) is 29.2 Å². The maximum Gasteiger partial charge on any atom is 0.243 e. The lowest BCUT2D eigenvalue weighted by Gasteiger charge is -2.24. The zero-order valence-electron chi connectivity index (χ0n) is 11.2. The van der Waals surface area contributed by atoms with Crippen molar-refractivity contribution in [3.05, 3.63) is 29.8 Å². The van der Waals surface area contributed by atoms with Crippen LogP contribution < -0.4 is 0 Å². The number of nitrogens with zero attached hydrogens (tertiary/aromatic N) is 1. The van der Waals surface area contributed by atoms with Gasteiger partial charge in [-0.1, -0.05) is 17.7 Å². The average molecular weight is 283 g/mol. The number of aryl methyl sites for hydroxylation is 1. The number of rotatable bonds is 5. The smallest absolute Gasteiger partial charge is 0.243 e. The van der Waals surface area contributed by atoms with Crippen molar-refractivity contribution in [2.24, 2.45) is 0 Å². The van der Waals surface area contributed by atoms with Gasteiger partial charge in [0.25, 0.3) is 0 Å². The molecule has 1 aromatic rings. The lowest BCUT2D eigenvalue weighted by molar-refractivity contribution is 0.264. The molecular formula is C14H21NO3S. The highest BCUT2D eigenvalue weighted by molar-refractivity contribution is 7.89. The monoisotopic (exact) mass is 283 g/mol. The van der Waals surface area contributed by atoms with Crippen molar-refractivity contribution >= 4 is 10.0 Å². The molecule has 1 unspecified atom stereocenters. The first kappa shape index (κ1) is 14.5. The summed E-state index contributed by atoms with van der Waals surface area (Å²) in [4.78, 5) is 0.369. The third kappa shape index (κ3) is 3.16. The van der Waals surface area contributed by atoms with Crippen LogP contribution in [0.5, 0.6) is 0 Å². The van der Waals surface area contributed by atoms with Crippen molar-refractivity contribution in [3.8, 4) is 0 Å². The molecule has 1 N–H and O–H groups in total. The molecule has 1 heterocycles. The number of aliphatic hydroxyl groups is 1. The molecule has 1 aromatic carbocycles. The molecule has 1 saturated heterocycles. The first-order valence-corrected chi connectivity index (χ1v) is 8.19. The molecule has 5 heteroatoms. The molecule has 1 aliphatic heterocycles. The van der Waals surface area contributed by atoms with Crippen molar-refractivity contribution in [1.29, 1.82) is 0 Å². The van der Waals surface area contributed by atoms with Gasteiger partial charge in [-0.05, 0) is 44.7 Å². The molecule has 1 atom stereocenters. The second-order valence-corrected chi connectivity index (χ2v) is 6.98. The van der Waals surface area contributed by atoms with Gasteiger partial charge in [-0.15, -0.1) is 0 Å². The van der Waals surface area contributed by atoms with Crippen LogP contribution in [-0.4, -0.2) is 37.0 Å². The minimum absolute atomic E-state index is 0.0402. The van der Waals surface area contributed by atoms with Gasteiger partial charge in [0, 0.05) is 19.2 Å². The normalized spacial score (nSPS) is 20.8. The van der Waals surface area contributed by atoms with Crippen LogP contribution in [0.4, 0.5) is 0 Å². The molecule has 0 aromatic heterocycles. The Morgan fingerprint density at radius 3 is 2.63 bits per heavy atom. The second kappa shape index (κ2) is 6.03. The summed E-state index contributed by atoms with van der Waals surface area (Å²) in [6, 6.07) is 7.04. The third-order valence-electron chi connectivity index (χ3n) is 3.65. The van der Waals surface area contributed by atoms with Crippen LogP contribution in [0.3, 0.4) is 0 Å². The van der Waals surface area contributed by atoms with E-state index >= 15 is 0 Å². The van der Waals surface area contributed by atoms with Crippen LogP contribution in [0.2, 0.25) is 0 Å². The Hall–Kier alpha value is -0.910. The third-order valence-corrected chi connectivity index (χ3v) is 5.61. The van der Waals surface area contributed by atoms with Crippen molar-refractivity contribution in [1.82, 2.24) is 4.31 Å². The molecule has 0 radical (unpaired) electrons. The van der Waals surface area contributed by atoms with E-state index in [4.69, 9.17) is 5.11 Å². The zero-order chi connectivity index (χ0) is 13.9. The maximum atomic E-state index is 12.6. The molecule has 0 saturated carbocycles. The van der Waals surface area contributed by atoms with Gasteiger partial charge in [-0.25, -0.2) is 8.42 Å². The highest BCUT2D eigenvalue weighted by Crippen LogP contribution is 2.28. The molecule has 0 bridgehead atoms. The number of benzene rings is 1. The summed E-state index contributed by atoms with van der Waals surface area (Å²) in [5.74, 6) is 0. The Morgan fingerprint density at radius 1 is 1.32 bits per heavy atom. The number of aliphatic hydroxyl groups excluding tert-OH is 1. The van der Waals surface area contributed by atoms with E-state index in [0.29, 0.717) is 17.9 Å². The molecule has 19 heavy (non-hydrogen) atoms. The van der Waals surface area contributed by atoms with Gasteiger partial charge in [0.15, 0.2) is 0 Å². The first-order chi connectivity index (χ1) is 9.05. The van der Waals surface area contributed by atoms with Crippen LogP contribution >= 0.6 is 0 Å². The highest BCUT2D eigenvalue weighted by atomic mass is 32.2. The fraction of sp³-hybridized carbons (Fsp3) is 0.571. The second-order valence-electron chi connectivity index (χ2n) is 5.09. The summed E-state index contributed by atoms with van der Waals surface area (Å²) >= 11 is 0. The van der Waals surface area contributed by atoms with Gasteiger partial charge in [-0.3, -0.25) is 0 Å². The summed E-state index contributed by atoms with van der Waals surface area (Å²) in [6.45, 7) is 2.65. The highest BCUT2D eigenvalue weighted by Gasteiger charge is 2.34. The number of hydrogen-bond acceptors (Lipinski definition) is 3. The Balaban J connectivity index is 2.21. The molecule has 0 spiro atoms. The molecule has 4 nitrogen and oxygen atoms in total. The summed E-state index contributed by atoms with van der Waals surface area (Å²) in [5.41, 5.74) is 1.05. The van der Waals surface area contributed by atoms with E-state index in [9.17, 15) is 8.42 Å². The van der Waals surface area contributed by atoms with Crippen molar-refractivity contribution < 1.29 is 13.5 Å². The SMILES string of the molecule is Cc1ccc(S(=O)(=O)N2CCCC2CCCO)cc1. The Kier molecular flexibility index (Phi) is 4.60. The van der Waals surface area contributed by atoms with Crippen molar-refractivity contribution in [2.75, 3.05) is 13.2 Å². The molecule has 1 aliphatic rings. The molecule has 1 fully saturated rings. The van der Waals surface area contributed by atoms with Gasteiger partial charge in [0.1, 0.15) is 0 Å². The van der Waals surface area contributed by atoms with Crippen LogP contribution in [0.1, 0.15) is 31.2 Å². The van der Waals surface area contributed by atoms with E-state index < -0.39 is 10.0 Å². The van der Waals surface area contributed by atoms with E-state index in [1.807, 2.05) is 19.1 Å². The standard InChI is InChI=1S/C14H21NO3S/c1-12-6-8-14(9-7-12)19(17,18)15-10-2-4-13(15)5-3-11-16/h6-9,13,16H,2-5,10-11H2,1H3. The predicted molar refractivity (Wildman–Crippen MR) is 74.4 cm³/mol. The van der Waals surface area contributed by atoms with Crippen molar-refractivity contribution in [2.45, 2.75) is 43.5 Å². The lowest BCUT2D eigenvalue weighted by Crippen LogP contribution is -2.35. The quantitative estimate of drug-likeness (QED) is 0.898. The van der Waals surface area contributed by atoms with Gasteiger partial charge in [-0.2, -0.15) is 4.31 Å². The summed E-state index contributed by atoms with van der Waals surface area (Å²) in [6.07, 6.45) is 3.19. The topological polar surface area (TPSA) is 57.6 Å². The Labute approximate surface area is 115 Å². The summed E-state index contributed by atoms with van der Waals surface area (Å²) in [5, 5.41) is 8.90. The minimum atomic E-state index is -3.38. The van der Waals surface area contributed by atoms with Crippen LogP contribution in [0.25, 0.3) is 0 Å². The van der Waals surface area contributed by atoms with E-state index in [1.54, 1.807) is 16.4 Å². The molecule has 106 valence electrons.